The van der Waals surface area contributed by atoms with Crippen molar-refractivity contribution < 1.29 is 0 Å². The van der Waals surface area contributed by atoms with Gasteiger partial charge in [0, 0.05) is 43.1 Å². The summed E-state index contributed by atoms with van der Waals surface area (Å²) < 4.78 is 9.07. The molecule has 13 aromatic rings. The van der Waals surface area contributed by atoms with E-state index in [4.69, 9.17) is 4.85 Å². The number of nitrogens with zero attached hydrogens (tertiary/aromatic N) is 6. The molecule has 13 rings (SSSR count). The Morgan fingerprint density at radius 1 is 0.348 bits per heavy atom. The van der Waals surface area contributed by atoms with Gasteiger partial charge in [0.15, 0.2) is 0 Å². The Bertz CT molecular complexity index is 3810. The van der Waals surface area contributed by atoms with E-state index in [0.717, 1.165) is 109 Å². The summed E-state index contributed by atoms with van der Waals surface area (Å²) in [6.45, 7) is 18.2. The first-order valence-electron chi connectivity index (χ1n) is 22.4. The summed E-state index contributed by atoms with van der Waals surface area (Å²) in [5.74, 6) is 0. The van der Waals surface area contributed by atoms with Gasteiger partial charge in [-0.15, -0.1) is 0 Å². The van der Waals surface area contributed by atoms with Gasteiger partial charge < -0.3 is 18.3 Å². The van der Waals surface area contributed by atoms with Gasteiger partial charge in [0.25, 0.3) is 0 Å². The molecule has 0 spiro atoms. The summed E-state index contributed by atoms with van der Waals surface area (Å²) in [5, 5.41) is 21.1. The van der Waals surface area contributed by atoms with E-state index in [1.54, 1.807) is 0 Å². The van der Waals surface area contributed by atoms with Crippen LogP contribution in [0.4, 0.5) is 5.69 Å². The van der Waals surface area contributed by atoms with Crippen LogP contribution in [0.15, 0.2) is 170 Å². The molecule has 4 heterocycles. The van der Waals surface area contributed by atoms with E-state index in [1.807, 2.05) is 0 Å². The number of hydrogen-bond donors (Lipinski definition) is 0. The van der Waals surface area contributed by atoms with Crippen LogP contribution in [0.5, 0.6) is 0 Å². The van der Waals surface area contributed by atoms with Gasteiger partial charge in [0.2, 0.25) is 5.69 Å². The highest BCUT2D eigenvalue weighted by Gasteiger charge is 2.34. The Kier molecular flexibility index (Phi) is 7.90. The second kappa shape index (κ2) is 13.8. The number of para-hydroxylation sites is 4. The first kappa shape index (κ1) is 37.7. The van der Waals surface area contributed by atoms with Crippen molar-refractivity contribution in [3.63, 3.8) is 0 Å². The number of aromatic nitrogens is 4. The SMILES string of the molecule is [C-]#[N+]c1c(-n2c3ccccc3c3cc(C)ccc32)c(-n2c3ccccc3c3cc(C)ccc32)c(C#N)c(-n2c3ccccc3c3cc(C)ccc32)c1-n1c2ccccc2c2cc(C)ccc21. The molecule has 0 N–H and O–H groups in total. The van der Waals surface area contributed by atoms with E-state index < -0.39 is 0 Å². The minimum Gasteiger partial charge on any atom is -0.317 e. The molecular weight excluding hydrogens is 805 g/mol. The Hall–Kier alpha value is -8.84. The van der Waals surface area contributed by atoms with E-state index in [-0.39, 0.29) is 0 Å². The minimum absolute atomic E-state index is 0.432. The largest absolute Gasteiger partial charge is 0.317 e. The fourth-order valence-electron chi connectivity index (χ4n) is 11.1. The standard InChI is InChI=1S/C60H40N6/c1-35-22-26-52-43(30-35)39-14-6-10-18-48(39)63(52)57-47(34-61)58(64-49-19-11-7-15-40(49)44-31-36(2)23-27-53(44)64)60(66-51-21-13-9-17-42(51)46-33-38(4)25-29-55(46)66)56(62-5)59(57)65-50-20-12-8-16-41(50)45-32-37(3)24-28-54(45)65/h6-33H,1-4H3. The Morgan fingerprint density at radius 3 is 0.879 bits per heavy atom. The Morgan fingerprint density at radius 2 is 0.606 bits per heavy atom. The maximum atomic E-state index is 12.4. The second-order valence-corrected chi connectivity index (χ2v) is 17.8. The van der Waals surface area contributed by atoms with E-state index in [2.05, 4.69) is 222 Å². The van der Waals surface area contributed by atoms with Crippen molar-refractivity contribution in [1.29, 1.82) is 5.26 Å². The molecule has 0 aliphatic rings. The van der Waals surface area contributed by atoms with E-state index >= 15 is 0 Å². The van der Waals surface area contributed by atoms with Crippen molar-refractivity contribution in [3.05, 3.63) is 209 Å². The van der Waals surface area contributed by atoms with Gasteiger partial charge in [-0.05, 0) is 100 Å². The third kappa shape index (κ3) is 5.04. The molecular formula is C60H40N6. The molecule has 310 valence electrons. The van der Waals surface area contributed by atoms with Crippen LogP contribution in [-0.4, -0.2) is 18.3 Å². The van der Waals surface area contributed by atoms with Gasteiger partial charge in [-0.3, -0.25) is 0 Å². The maximum Gasteiger partial charge on any atom is 0.238 e. The Labute approximate surface area is 380 Å². The summed E-state index contributed by atoms with van der Waals surface area (Å²) in [5.41, 5.74) is 15.7. The zero-order valence-corrected chi connectivity index (χ0v) is 36.8. The van der Waals surface area contributed by atoms with Crippen LogP contribution in [0.25, 0.3) is 115 Å². The van der Waals surface area contributed by atoms with Gasteiger partial charge in [0.05, 0.1) is 73.5 Å². The molecule has 0 radical (unpaired) electrons. The van der Waals surface area contributed by atoms with Crippen LogP contribution in [0, 0.1) is 45.6 Å². The third-order valence-corrected chi connectivity index (χ3v) is 13.8. The number of fused-ring (bicyclic) bond motifs is 12. The lowest BCUT2D eigenvalue weighted by Gasteiger charge is -2.27. The first-order valence-corrected chi connectivity index (χ1v) is 22.4. The van der Waals surface area contributed by atoms with Crippen LogP contribution < -0.4 is 0 Å². The number of aryl methyl sites for hydroxylation is 4. The topological polar surface area (TPSA) is 47.9 Å². The summed E-state index contributed by atoms with van der Waals surface area (Å²) in [6, 6.07) is 63.0. The van der Waals surface area contributed by atoms with Gasteiger partial charge in [-0.2, -0.15) is 5.26 Å². The fraction of sp³-hybridized carbons (Fsp3) is 0.0667. The molecule has 4 aromatic heterocycles. The van der Waals surface area contributed by atoms with Crippen LogP contribution in [0.2, 0.25) is 0 Å². The minimum atomic E-state index is 0.432. The molecule has 0 fully saturated rings. The molecule has 0 aliphatic heterocycles. The average Bonchev–Trinajstić information content (AvgIpc) is 4.05. The predicted molar refractivity (Wildman–Crippen MR) is 274 cm³/mol. The third-order valence-electron chi connectivity index (χ3n) is 13.8. The highest BCUT2D eigenvalue weighted by Crippen LogP contribution is 2.52. The molecule has 0 aliphatic carbocycles. The zero-order chi connectivity index (χ0) is 44.5. The van der Waals surface area contributed by atoms with Crippen LogP contribution >= 0.6 is 0 Å². The Balaban J connectivity index is 1.38. The number of rotatable bonds is 4. The molecule has 66 heavy (non-hydrogen) atoms. The quantitative estimate of drug-likeness (QED) is 0.163. The summed E-state index contributed by atoms with van der Waals surface area (Å²) >= 11 is 0. The number of benzene rings is 9. The van der Waals surface area contributed by atoms with Crippen molar-refractivity contribution in [3.8, 4) is 28.8 Å². The van der Waals surface area contributed by atoms with Gasteiger partial charge >= 0.3 is 0 Å². The zero-order valence-electron chi connectivity index (χ0n) is 36.8. The van der Waals surface area contributed by atoms with Gasteiger partial charge in [0.1, 0.15) is 11.6 Å². The molecule has 6 heteroatoms. The lowest BCUT2D eigenvalue weighted by Crippen LogP contribution is -2.14. The normalized spacial score (nSPS) is 11.9. The number of hydrogen-bond acceptors (Lipinski definition) is 1. The molecule has 6 nitrogen and oxygen atoms in total. The van der Waals surface area contributed by atoms with Crippen molar-refractivity contribution in [1.82, 2.24) is 18.3 Å². The average molecular weight is 845 g/mol. The van der Waals surface area contributed by atoms with Crippen LogP contribution in [0.3, 0.4) is 0 Å². The van der Waals surface area contributed by atoms with Crippen LogP contribution in [0.1, 0.15) is 27.8 Å². The van der Waals surface area contributed by atoms with Gasteiger partial charge in [-0.25, -0.2) is 4.85 Å². The molecule has 0 unspecified atom stereocenters. The second-order valence-electron chi connectivity index (χ2n) is 17.8. The lowest BCUT2D eigenvalue weighted by atomic mass is 10.0. The first-order chi connectivity index (χ1) is 32.3. The monoisotopic (exact) mass is 844 g/mol. The molecule has 0 saturated heterocycles. The molecule has 9 aromatic carbocycles. The summed E-state index contributed by atoms with van der Waals surface area (Å²) in [7, 11) is 0. The molecule has 0 saturated carbocycles. The molecule has 0 atom stereocenters. The smallest absolute Gasteiger partial charge is 0.238 e. The molecule has 0 amide bonds. The van der Waals surface area contributed by atoms with Crippen LogP contribution in [-0.2, 0) is 0 Å². The van der Waals surface area contributed by atoms with Crippen molar-refractivity contribution in [2.75, 3.05) is 0 Å². The van der Waals surface area contributed by atoms with Crippen molar-refractivity contribution >= 4 is 92.9 Å². The summed E-state index contributed by atoms with van der Waals surface area (Å²) in [6.07, 6.45) is 0. The predicted octanol–water partition coefficient (Wildman–Crippen LogP) is 15.7. The lowest BCUT2D eigenvalue weighted by molar-refractivity contribution is 1.04. The van der Waals surface area contributed by atoms with Gasteiger partial charge in [-0.1, -0.05) is 119 Å². The fourth-order valence-corrected chi connectivity index (χ4v) is 11.1. The van der Waals surface area contributed by atoms with Crippen molar-refractivity contribution in [2.45, 2.75) is 27.7 Å². The maximum absolute atomic E-state index is 12.4. The van der Waals surface area contributed by atoms with E-state index in [1.165, 1.54) is 0 Å². The highest BCUT2D eigenvalue weighted by atomic mass is 15.1. The molecule has 0 bridgehead atoms. The number of nitriles is 1. The highest BCUT2D eigenvalue weighted by molar-refractivity contribution is 6.17. The summed E-state index contributed by atoms with van der Waals surface area (Å²) in [4.78, 5) is 4.78. The van der Waals surface area contributed by atoms with Crippen molar-refractivity contribution in [2.24, 2.45) is 0 Å². The van der Waals surface area contributed by atoms with E-state index in [0.29, 0.717) is 34.0 Å². The van der Waals surface area contributed by atoms with E-state index in [9.17, 15) is 11.8 Å².